The second kappa shape index (κ2) is 8.91. The number of aliphatic hydroxyl groups is 2. The molecule has 0 unspecified atom stereocenters. The molecule has 1 amide bonds. The average Bonchev–Trinajstić information content (AvgIpc) is 3.40. The van der Waals surface area contributed by atoms with Crippen LogP contribution in [0.1, 0.15) is 85.0 Å². The zero-order chi connectivity index (χ0) is 23.4. The Bertz CT molecular complexity index is 846. The van der Waals surface area contributed by atoms with Gasteiger partial charge in [-0.25, -0.2) is 4.98 Å². The number of thiazole rings is 1. The van der Waals surface area contributed by atoms with Crippen LogP contribution in [-0.4, -0.2) is 33.3 Å². The highest BCUT2D eigenvalue weighted by molar-refractivity contribution is 7.13. The molecule has 0 radical (unpaired) electrons. The lowest BCUT2D eigenvalue weighted by Gasteiger charge is -2.62. The normalized spacial score (nSPS) is 45.5. The van der Waals surface area contributed by atoms with Gasteiger partial charge in [-0.3, -0.25) is 4.79 Å². The van der Waals surface area contributed by atoms with E-state index in [4.69, 9.17) is 0 Å². The van der Waals surface area contributed by atoms with Gasteiger partial charge in [0.15, 0.2) is 5.13 Å². The summed E-state index contributed by atoms with van der Waals surface area (Å²) in [5.74, 6) is 3.26. The van der Waals surface area contributed by atoms with Gasteiger partial charge in [0, 0.05) is 18.0 Å². The number of hydrogen-bond acceptors (Lipinski definition) is 5. The average molecular weight is 475 g/mol. The maximum Gasteiger partial charge on any atom is 0.226 e. The first kappa shape index (κ1) is 23.7. The minimum atomic E-state index is -0.221. The van der Waals surface area contributed by atoms with Crippen LogP contribution in [0.3, 0.4) is 0 Å². The van der Waals surface area contributed by atoms with E-state index in [1.54, 1.807) is 6.20 Å². The monoisotopic (exact) mass is 474 g/mol. The number of rotatable bonds is 5. The zero-order valence-electron chi connectivity index (χ0n) is 20.5. The van der Waals surface area contributed by atoms with Gasteiger partial charge in [0.05, 0.1) is 12.2 Å². The number of carbonyl (C=O) groups is 1. The lowest BCUT2D eigenvalue weighted by atomic mass is 9.43. The third-order valence-electron chi connectivity index (χ3n) is 10.9. The summed E-state index contributed by atoms with van der Waals surface area (Å²) in [7, 11) is 0. The molecule has 3 N–H and O–H groups in total. The Morgan fingerprint density at radius 2 is 1.91 bits per heavy atom. The number of hydrogen-bond donors (Lipinski definition) is 3. The van der Waals surface area contributed by atoms with Crippen LogP contribution in [-0.2, 0) is 4.79 Å². The van der Waals surface area contributed by atoms with E-state index in [9.17, 15) is 15.0 Å². The molecule has 4 aliphatic rings. The highest BCUT2D eigenvalue weighted by Gasteiger charge is 2.62. The summed E-state index contributed by atoms with van der Waals surface area (Å²) in [6.07, 6.45) is 11.5. The standard InChI is InChI=1S/C27H42N2O3S/c1-16(4-7-23(32)29-25-28-12-13-33-25)19-5-6-20-24-21(9-11-27(19,20)3)26(2)10-8-18(30)14-17(26)15-22(24)31/h12-13,16-22,24,30-31H,4-11,14-15H2,1-3H3,(H,28,29,32)/t16-,17+,18-,19-,20+,21+,22+,24+,26+,27-/m0/s1. The molecule has 1 aromatic rings. The van der Waals surface area contributed by atoms with E-state index < -0.39 is 0 Å². The molecular weight excluding hydrogens is 432 g/mol. The van der Waals surface area contributed by atoms with Crippen LogP contribution in [0, 0.1) is 46.3 Å². The van der Waals surface area contributed by atoms with Gasteiger partial charge in [-0.2, -0.15) is 0 Å². The smallest absolute Gasteiger partial charge is 0.226 e. The van der Waals surface area contributed by atoms with Crippen LogP contribution in [0.5, 0.6) is 0 Å². The second-order valence-electron chi connectivity index (χ2n) is 12.4. The number of fused-ring (bicyclic) bond motifs is 5. The molecule has 0 bridgehead atoms. The van der Waals surface area contributed by atoms with Crippen molar-refractivity contribution in [2.75, 3.05) is 5.32 Å². The van der Waals surface area contributed by atoms with Gasteiger partial charge in [0.1, 0.15) is 0 Å². The molecule has 0 aliphatic heterocycles. The van der Waals surface area contributed by atoms with E-state index in [1.807, 2.05) is 5.38 Å². The summed E-state index contributed by atoms with van der Waals surface area (Å²) in [5, 5.41) is 27.2. The summed E-state index contributed by atoms with van der Waals surface area (Å²) >= 11 is 1.46. The molecule has 4 fully saturated rings. The third-order valence-corrected chi connectivity index (χ3v) is 11.6. The molecule has 5 rings (SSSR count). The van der Waals surface area contributed by atoms with Crippen molar-refractivity contribution in [1.82, 2.24) is 4.98 Å². The number of anilines is 1. The van der Waals surface area contributed by atoms with Crippen LogP contribution >= 0.6 is 11.3 Å². The Kier molecular flexibility index (Phi) is 6.41. The van der Waals surface area contributed by atoms with E-state index in [2.05, 4.69) is 31.1 Å². The van der Waals surface area contributed by atoms with Crippen LogP contribution in [0.4, 0.5) is 5.13 Å². The summed E-state index contributed by atoms with van der Waals surface area (Å²) < 4.78 is 0. The van der Waals surface area contributed by atoms with Crippen molar-refractivity contribution in [2.24, 2.45) is 46.3 Å². The highest BCUT2D eigenvalue weighted by Crippen LogP contribution is 2.68. The van der Waals surface area contributed by atoms with E-state index in [0.29, 0.717) is 47.1 Å². The van der Waals surface area contributed by atoms with E-state index in [1.165, 1.54) is 37.0 Å². The number of nitrogens with one attached hydrogen (secondary N) is 1. The van der Waals surface area contributed by atoms with Crippen molar-refractivity contribution in [3.63, 3.8) is 0 Å². The van der Waals surface area contributed by atoms with E-state index in [-0.39, 0.29) is 28.9 Å². The molecule has 10 atom stereocenters. The Morgan fingerprint density at radius 3 is 2.67 bits per heavy atom. The molecule has 0 aromatic carbocycles. The summed E-state index contributed by atoms with van der Waals surface area (Å²) in [4.78, 5) is 16.6. The quantitative estimate of drug-likeness (QED) is 0.527. The van der Waals surface area contributed by atoms with Crippen molar-refractivity contribution in [2.45, 2.75) is 97.2 Å². The number of aromatic nitrogens is 1. The lowest BCUT2D eigenvalue weighted by Crippen LogP contribution is -2.58. The van der Waals surface area contributed by atoms with Gasteiger partial charge in [0.2, 0.25) is 5.91 Å². The fourth-order valence-corrected chi connectivity index (χ4v) is 9.75. The molecular formula is C27H42N2O3S. The van der Waals surface area contributed by atoms with Gasteiger partial charge in [-0.15, -0.1) is 11.3 Å². The van der Waals surface area contributed by atoms with E-state index >= 15 is 0 Å². The van der Waals surface area contributed by atoms with Crippen LogP contribution in [0.15, 0.2) is 11.6 Å². The van der Waals surface area contributed by atoms with Crippen molar-refractivity contribution in [1.29, 1.82) is 0 Å². The molecule has 33 heavy (non-hydrogen) atoms. The van der Waals surface area contributed by atoms with Crippen molar-refractivity contribution in [3.05, 3.63) is 11.6 Å². The fraction of sp³-hybridized carbons (Fsp3) is 0.852. The first-order valence-corrected chi connectivity index (χ1v) is 14.2. The van der Waals surface area contributed by atoms with Crippen molar-refractivity contribution in [3.8, 4) is 0 Å². The molecule has 1 heterocycles. The predicted octanol–water partition coefficient (Wildman–Crippen LogP) is 5.49. The van der Waals surface area contributed by atoms with Gasteiger partial charge in [0.25, 0.3) is 0 Å². The third kappa shape index (κ3) is 4.08. The summed E-state index contributed by atoms with van der Waals surface area (Å²) in [6.45, 7) is 7.33. The maximum atomic E-state index is 12.4. The Labute approximate surface area is 202 Å². The van der Waals surface area contributed by atoms with Crippen molar-refractivity contribution < 1.29 is 15.0 Å². The topological polar surface area (TPSA) is 82.5 Å². The van der Waals surface area contributed by atoms with Crippen LogP contribution < -0.4 is 5.32 Å². The molecule has 5 nitrogen and oxygen atoms in total. The molecule has 4 saturated carbocycles. The summed E-state index contributed by atoms with van der Waals surface area (Å²) in [5.41, 5.74) is 0.548. The van der Waals surface area contributed by atoms with Gasteiger partial charge in [-0.1, -0.05) is 20.8 Å². The largest absolute Gasteiger partial charge is 0.393 e. The minimum absolute atomic E-state index is 0.0707. The SMILES string of the molecule is C[C@@H](CCC(=O)Nc1nccs1)[C@@H]1CC[C@@H]2[C@H]3[C@H](O)C[C@H]4C[C@@H](O)CC[C@@]4(C)[C@@H]3CC[C@]21C. The predicted molar refractivity (Wildman–Crippen MR) is 132 cm³/mol. The number of carbonyl (C=O) groups excluding carboxylic acids is 1. The molecule has 184 valence electrons. The van der Waals surface area contributed by atoms with Crippen LogP contribution in [0.25, 0.3) is 0 Å². The fourth-order valence-electron chi connectivity index (χ4n) is 9.20. The summed E-state index contributed by atoms with van der Waals surface area (Å²) in [6, 6.07) is 0. The minimum Gasteiger partial charge on any atom is -0.393 e. The lowest BCUT2D eigenvalue weighted by molar-refractivity contribution is -0.174. The number of aliphatic hydroxyl groups excluding tert-OH is 2. The Morgan fingerprint density at radius 1 is 1.15 bits per heavy atom. The second-order valence-corrected chi connectivity index (χ2v) is 13.2. The molecule has 6 heteroatoms. The molecule has 0 spiro atoms. The molecule has 1 aromatic heterocycles. The van der Waals surface area contributed by atoms with Gasteiger partial charge in [-0.05, 0) is 104 Å². The zero-order valence-corrected chi connectivity index (χ0v) is 21.3. The first-order chi connectivity index (χ1) is 15.7. The first-order valence-electron chi connectivity index (χ1n) is 13.3. The van der Waals surface area contributed by atoms with Gasteiger partial charge < -0.3 is 15.5 Å². The van der Waals surface area contributed by atoms with Crippen molar-refractivity contribution >= 4 is 22.4 Å². The Hall–Kier alpha value is -0.980. The molecule has 4 aliphatic carbocycles. The number of nitrogens with zero attached hydrogens (tertiary/aromatic N) is 1. The van der Waals surface area contributed by atoms with E-state index in [0.717, 1.165) is 32.1 Å². The highest BCUT2D eigenvalue weighted by atomic mass is 32.1. The van der Waals surface area contributed by atoms with Gasteiger partial charge >= 0.3 is 0 Å². The Balaban J connectivity index is 1.26. The van der Waals surface area contributed by atoms with Crippen LogP contribution in [0.2, 0.25) is 0 Å². The number of amides is 1. The maximum absolute atomic E-state index is 12.4. The molecule has 0 saturated heterocycles.